The van der Waals surface area contributed by atoms with Crippen LogP contribution in [0.1, 0.15) is 28.3 Å². The number of para-hydroxylation sites is 1. The van der Waals surface area contributed by atoms with Crippen LogP contribution in [0.2, 0.25) is 5.02 Å². The Morgan fingerprint density at radius 1 is 1.48 bits per heavy atom. The summed E-state index contributed by atoms with van der Waals surface area (Å²) in [5.74, 6) is 0.00615. The fourth-order valence-electron chi connectivity index (χ4n) is 2.03. The molecule has 0 bridgehead atoms. The maximum atomic E-state index is 11.9. The van der Waals surface area contributed by atoms with Gasteiger partial charge in [0.05, 0.1) is 20.2 Å². The number of hydrogen-bond acceptors (Lipinski definition) is 3. The quantitative estimate of drug-likeness (QED) is 0.768. The van der Waals surface area contributed by atoms with Crippen molar-refractivity contribution in [2.24, 2.45) is 0 Å². The van der Waals surface area contributed by atoms with Gasteiger partial charge >= 0.3 is 0 Å². The van der Waals surface area contributed by atoms with Crippen molar-refractivity contribution in [1.29, 1.82) is 0 Å². The molecule has 6 heteroatoms. The van der Waals surface area contributed by atoms with Crippen LogP contribution in [-0.4, -0.2) is 22.4 Å². The zero-order chi connectivity index (χ0) is 14.8. The van der Waals surface area contributed by atoms with Crippen LogP contribution in [-0.2, 0) is 0 Å². The normalized spacial score (nSPS) is 12.5. The molecule has 2 aromatic heterocycles. The smallest absolute Gasteiger partial charge is 0.267 e. The van der Waals surface area contributed by atoms with E-state index in [0.717, 1.165) is 10.5 Å². The highest BCUT2D eigenvalue weighted by molar-refractivity contribution is 7.18. The number of nitrogens with zero attached hydrogens (tertiary/aromatic N) is 1. The molecule has 0 saturated heterocycles. The second-order valence-electron chi connectivity index (χ2n) is 4.86. The van der Waals surface area contributed by atoms with Crippen LogP contribution < -0.4 is 5.32 Å². The van der Waals surface area contributed by atoms with E-state index in [2.05, 4.69) is 28.3 Å². The highest BCUT2D eigenvalue weighted by Gasteiger charge is 2.14. The topological polar surface area (TPSA) is 57.8 Å². The van der Waals surface area contributed by atoms with E-state index in [4.69, 9.17) is 11.6 Å². The van der Waals surface area contributed by atoms with E-state index in [-0.39, 0.29) is 11.8 Å². The molecular weight excluding hydrogens is 306 g/mol. The minimum atomic E-state index is -0.158. The van der Waals surface area contributed by atoms with Crippen molar-refractivity contribution >= 4 is 39.1 Å². The van der Waals surface area contributed by atoms with Crippen molar-refractivity contribution in [3.63, 3.8) is 0 Å². The molecule has 1 atom stereocenters. The maximum Gasteiger partial charge on any atom is 0.267 e. The number of fused-ring (bicyclic) bond motifs is 1. The Balaban J connectivity index is 1.66. The van der Waals surface area contributed by atoms with Crippen molar-refractivity contribution in [1.82, 2.24) is 15.3 Å². The molecule has 4 nitrogen and oxygen atoms in total. The predicted molar refractivity (Wildman–Crippen MR) is 86.2 cm³/mol. The highest BCUT2D eigenvalue weighted by Crippen LogP contribution is 2.26. The molecular formula is C15H14ClN3OS. The van der Waals surface area contributed by atoms with Crippen molar-refractivity contribution in [2.45, 2.75) is 12.8 Å². The molecule has 0 spiro atoms. The first-order valence-corrected chi connectivity index (χ1v) is 7.80. The molecule has 3 rings (SSSR count). The molecule has 0 aliphatic heterocycles. The van der Waals surface area contributed by atoms with E-state index < -0.39 is 0 Å². The second kappa shape index (κ2) is 5.87. The fourth-order valence-corrected chi connectivity index (χ4v) is 3.21. The van der Waals surface area contributed by atoms with E-state index in [1.807, 2.05) is 18.2 Å². The number of rotatable bonds is 4. The van der Waals surface area contributed by atoms with E-state index in [1.165, 1.54) is 4.70 Å². The molecule has 0 aliphatic rings. The highest BCUT2D eigenvalue weighted by atomic mass is 35.5. The average molecular weight is 320 g/mol. The van der Waals surface area contributed by atoms with Crippen LogP contribution >= 0.6 is 22.9 Å². The van der Waals surface area contributed by atoms with Crippen molar-refractivity contribution in [3.8, 4) is 0 Å². The summed E-state index contributed by atoms with van der Waals surface area (Å²) < 4.78 is 1.17. The van der Waals surface area contributed by atoms with Gasteiger partial charge < -0.3 is 10.3 Å². The first-order chi connectivity index (χ1) is 10.1. The summed E-state index contributed by atoms with van der Waals surface area (Å²) in [6, 6.07) is 9.66. The number of thiazole rings is 1. The number of H-pyrrole nitrogens is 1. The number of nitrogens with one attached hydrogen (secondary N) is 2. The zero-order valence-corrected chi connectivity index (χ0v) is 13.0. The van der Waals surface area contributed by atoms with Gasteiger partial charge in [-0.2, -0.15) is 0 Å². The summed E-state index contributed by atoms with van der Waals surface area (Å²) in [5, 5.41) is 4.45. The Labute approximate surface area is 131 Å². The average Bonchev–Trinajstić information content (AvgIpc) is 3.10. The number of aromatic nitrogens is 2. The van der Waals surface area contributed by atoms with Crippen molar-refractivity contribution < 1.29 is 4.79 Å². The molecule has 0 radical (unpaired) electrons. The van der Waals surface area contributed by atoms with Gasteiger partial charge in [-0.3, -0.25) is 4.79 Å². The number of aromatic amines is 1. The molecule has 1 amide bonds. The third kappa shape index (κ3) is 3.09. The third-order valence-electron chi connectivity index (χ3n) is 3.19. The van der Waals surface area contributed by atoms with E-state index in [0.29, 0.717) is 17.3 Å². The fraction of sp³-hybridized carbons (Fsp3) is 0.200. The van der Waals surface area contributed by atoms with Crippen LogP contribution in [0.3, 0.4) is 0 Å². The number of carbonyl (C=O) groups is 1. The molecule has 0 aliphatic carbocycles. The van der Waals surface area contributed by atoms with Gasteiger partial charge in [-0.15, -0.1) is 11.3 Å². The van der Waals surface area contributed by atoms with E-state index in [9.17, 15) is 4.79 Å². The summed E-state index contributed by atoms with van der Waals surface area (Å²) in [7, 11) is 0. The molecule has 2 N–H and O–H groups in total. The molecule has 1 unspecified atom stereocenters. The Morgan fingerprint density at radius 3 is 3.00 bits per heavy atom. The summed E-state index contributed by atoms with van der Waals surface area (Å²) >= 11 is 7.45. The standard InChI is InChI=1S/C15H14ClN3OS/c1-9(7-18-14(20)12-6-10(16)8-17-12)15-19-11-4-2-3-5-13(11)21-15/h2-6,8-9,17H,7H2,1H3,(H,18,20). The molecule has 2 heterocycles. The van der Waals surface area contributed by atoms with Crippen LogP contribution in [0, 0.1) is 0 Å². The minimum Gasteiger partial charge on any atom is -0.356 e. The van der Waals surface area contributed by atoms with E-state index >= 15 is 0 Å². The first-order valence-electron chi connectivity index (χ1n) is 6.61. The first kappa shape index (κ1) is 14.1. The van der Waals surface area contributed by atoms with Gasteiger partial charge in [0.2, 0.25) is 0 Å². The second-order valence-corrected chi connectivity index (χ2v) is 6.36. The lowest BCUT2D eigenvalue weighted by molar-refractivity contribution is 0.0947. The van der Waals surface area contributed by atoms with Crippen LogP contribution in [0.25, 0.3) is 10.2 Å². The molecule has 1 aromatic carbocycles. The lowest BCUT2D eigenvalue weighted by Gasteiger charge is -2.09. The number of benzene rings is 1. The van der Waals surface area contributed by atoms with Gasteiger partial charge in [0.1, 0.15) is 5.69 Å². The minimum absolute atomic E-state index is 0.158. The number of amides is 1. The molecule has 0 saturated carbocycles. The van der Waals surface area contributed by atoms with Crippen molar-refractivity contribution in [2.75, 3.05) is 6.54 Å². The monoisotopic (exact) mass is 319 g/mol. The summed E-state index contributed by atoms with van der Waals surface area (Å²) in [6.45, 7) is 2.59. The van der Waals surface area contributed by atoms with Gasteiger partial charge in [0, 0.05) is 18.7 Å². The largest absolute Gasteiger partial charge is 0.356 e. The van der Waals surface area contributed by atoms with Gasteiger partial charge in [-0.1, -0.05) is 30.7 Å². The summed E-state index contributed by atoms with van der Waals surface area (Å²) in [4.78, 5) is 19.4. The maximum absolute atomic E-state index is 11.9. The molecule has 21 heavy (non-hydrogen) atoms. The van der Waals surface area contributed by atoms with Crippen LogP contribution in [0.4, 0.5) is 0 Å². The molecule has 108 valence electrons. The van der Waals surface area contributed by atoms with Gasteiger partial charge in [-0.25, -0.2) is 4.98 Å². The van der Waals surface area contributed by atoms with Gasteiger partial charge in [0.15, 0.2) is 0 Å². The van der Waals surface area contributed by atoms with Gasteiger partial charge in [0.25, 0.3) is 5.91 Å². The Morgan fingerprint density at radius 2 is 2.29 bits per heavy atom. The number of carbonyl (C=O) groups excluding carboxylic acids is 1. The van der Waals surface area contributed by atoms with E-state index in [1.54, 1.807) is 23.6 Å². The number of halogens is 1. The third-order valence-corrected chi connectivity index (χ3v) is 4.68. The SMILES string of the molecule is CC(CNC(=O)c1cc(Cl)c[nH]1)c1nc2ccccc2s1. The zero-order valence-electron chi connectivity index (χ0n) is 11.4. The Kier molecular flexibility index (Phi) is 3.94. The van der Waals surface area contributed by atoms with Crippen molar-refractivity contribution in [3.05, 3.63) is 52.3 Å². The van der Waals surface area contributed by atoms with Crippen LogP contribution in [0.5, 0.6) is 0 Å². The lowest BCUT2D eigenvalue weighted by Crippen LogP contribution is -2.27. The number of hydrogen-bond donors (Lipinski definition) is 2. The molecule has 0 fully saturated rings. The van der Waals surface area contributed by atoms with Gasteiger partial charge in [-0.05, 0) is 18.2 Å². The summed E-state index contributed by atoms with van der Waals surface area (Å²) in [6.07, 6.45) is 1.59. The Bertz CT molecular complexity index is 747. The van der Waals surface area contributed by atoms with Crippen LogP contribution in [0.15, 0.2) is 36.5 Å². The lowest BCUT2D eigenvalue weighted by atomic mass is 10.2. The summed E-state index contributed by atoms with van der Waals surface area (Å²) in [5.41, 5.74) is 1.48. The Hall–Kier alpha value is -1.85. The molecule has 3 aromatic rings. The predicted octanol–water partition coefficient (Wildman–Crippen LogP) is 3.81.